The van der Waals surface area contributed by atoms with Crippen LogP contribution in [-0.4, -0.2) is 0 Å². The van der Waals surface area contributed by atoms with Crippen molar-refractivity contribution in [1.82, 2.24) is 0 Å². The van der Waals surface area contributed by atoms with Gasteiger partial charge in [-0.25, -0.2) is 0 Å². The van der Waals surface area contributed by atoms with Crippen LogP contribution in [0.4, 0.5) is 0 Å². The summed E-state index contributed by atoms with van der Waals surface area (Å²) in [7, 11) is 0. The van der Waals surface area contributed by atoms with E-state index in [2.05, 4.69) is 130 Å². The smallest absolute Gasteiger partial charge is 0.0136 e. The summed E-state index contributed by atoms with van der Waals surface area (Å²) in [6.45, 7) is 0. The van der Waals surface area contributed by atoms with E-state index in [4.69, 9.17) is 0 Å². The van der Waals surface area contributed by atoms with E-state index < -0.39 is 0 Å². The van der Waals surface area contributed by atoms with Gasteiger partial charge in [0, 0.05) is 7.14 Å². The number of hydrogen-bond acceptors (Lipinski definition) is 0. The maximum absolute atomic E-state index is 2.33. The van der Waals surface area contributed by atoms with Crippen molar-refractivity contribution in [2.75, 3.05) is 0 Å². The lowest BCUT2D eigenvalue weighted by atomic mass is 10.1. The fraction of sp³-hybridized carbons (Fsp3) is 0. The Morgan fingerprint density at radius 3 is 1.18 bits per heavy atom. The Morgan fingerprint density at radius 2 is 0.773 bits per heavy atom. The van der Waals surface area contributed by atoms with Gasteiger partial charge in [-0.05, 0) is 91.0 Å². The topological polar surface area (TPSA) is 0 Å². The molecule has 22 heavy (non-hydrogen) atoms. The SMILES string of the molecule is Ic1ccc2ccccc2c1.Ic1ccc2ccccc2c1. The molecule has 108 valence electrons. The number of rotatable bonds is 0. The lowest BCUT2D eigenvalue weighted by molar-refractivity contribution is 1.70. The van der Waals surface area contributed by atoms with Gasteiger partial charge in [-0.2, -0.15) is 0 Å². The number of halogens is 2. The largest absolute Gasteiger partial charge is 0.0616 e. The van der Waals surface area contributed by atoms with Gasteiger partial charge < -0.3 is 0 Å². The third-order valence-electron chi connectivity index (χ3n) is 3.42. The van der Waals surface area contributed by atoms with Crippen molar-refractivity contribution >= 4 is 66.7 Å². The van der Waals surface area contributed by atoms with E-state index in [1.165, 1.54) is 28.7 Å². The summed E-state index contributed by atoms with van der Waals surface area (Å²) in [6.07, 6.45) is 0. The van der Waals surface area contributed by atoms with Crippen LogP contribution in [0, 0.1) is 7.14 Å². The molecule has 0 amide bonds. The van der Waals surface area contributed by atoms with E-state index >= 15 is 0 Å². The first kappa shape index (κ1) is 15.7. The second kappa shape index (κ2) is 7.42. The van der Waals surface area contributed by atoms with Crippen LogP contribution in [0.5, 0.6) is 0 Å². The molecule has 0 bridgehead atoms. The van der Waals surface area contributed by atoms with Gasteiger partial charge in [0.2, 0.25) is 0 Å². The summed E-state index contributed by atoms with van der Waals surface area (Å²) in [5, 5.41) is 5.26. The van der Waals surface area contributed by atoms with Crippen LogP contribution in [-0.2, 0) is 0 Å². The summed E-state index contributed by atoms with van der Waals surface area (Å²) >= 11 is 4.66. The van der Waals surface area contributed by atoms with Gasteiger partial charge in [0.05, 0.1) is 0 Å². The molecule has 4 rings (SSSR count). The summed E-state index contributed by atoms with van der Waals surface area (Å²) in [5.74, 6) is 0. The Bertz CT molecular complexity index is 836. The molecule has 0 spiro atoms. The van der Waals surface area contributed by atoms with Crippen LogP contribution in [0.25, 0.3) is 21.5 Å². The molecule has 4 aromatic carbocycles. The van der Waals surface area contributed by atoms with Crippen LogP contribution < -0.4 is 0 Å². The van der Waals surface area contributed by atoms with E-state index in [0.29, 0.717) is 0 Å². The molecule has 0 aliphatic carbocycles. The summed E-state index contributed by atoms with van der Waals surface area (Å²) in [6, 6.07) is 29.7. The van der Waals surface area contributed by atoms with Gasteiger partial charge in [-0.1, -0.05) is 60.7 Å². The predicted octanol–water partition coefficient (Wildman–Crippen LogP) is 6.89. The van der Waals surface area contributed by atoms with E-state index in [1.54, 1.807) is 0 Å². The molecular weight excluding hydrogens is 494 g/mol. The average Bonchev–Trinajstić information content (AvgIpc) is 2.55. The average molecular weight is 508 g/mol. The van der Waals surface area contributed by atoms with Crippen molar-refractivity contribution in [2.45, 2.75) is 0 Å². The zero-order valence-electron chi connectivity index (χ0n) is 11.8. The third kappa shape index (κ3) is 3.98. The minimum Gasteiger partial charge on any atom is -0.0616 e. The van der Waals surface area contributed by atoms with Gasteiger partial charge in [-0.15, -0.1) is 0 Å². The van der Waals surface area contributed by atoms with Crippen molar-refractivity contribution in [3.63, 3.8) is 0 Å². The lowest BCUT2D eigenvalue weighted by Crippen LogP contribution is -1.72. The highest BCUT2D eigenvalue weighted by molar-refractivity contribution is 14.1. The van der Waals surface area contributed by atoms with Gasteiger partial charge in [0.25, 0.3) is 0 Å². The van der Waals surface area contributed by atoms with Gasteiger partial charge in [-0.3, -0.25) is 0 Å². The van der Waals surface area contributed by atoms with Gasteiger partial charge in [0.15, 0.2) is 0 Å². The molecular formula is C20H14I2. The van der Waals surface area contributed by atoms with Crippen molar-refractivity contribution < 1.29 is 0 Å². The van der Waals surface area contributed by atoms with Crippen LogP contribution in [0.1, 0.15) is 0 Å². The standard InChI is InChI=1S/2C10H7I/c2*11-10-6-5-8-3-1-2-4-9(8)7-10/h2*1-7H. The Labute approximate surface area is 157 Å². The monoisotopic (exact) mass is 508 g/mol. The molecule has 0 nitrogen and oxygen atoms in total. The first-order chi connectivity index (χ1) is 10.7. The van der Waals surface area contributed by atoms with Crippen LogP contribution in [0.3, 0.4) is 0 Å². The second-order valence-electron chi connectivity index (χ2n) is 4.98. The molecule has 0 unspecified atom stereocenters. The third-order valence-corrected chi connectivity index (χ3v) is 4.77. The van der Waals surface area contributed by atoms with E-state index in [9.17, 15) is 0 Å². The molecule has 0 N–H and O–H groups in total. The fourth-order valence-corrected chi connectivity index (χ4v) is 3.35. The molecule has 0 aliphatic heterocycles. The molecule has 0 heterocycles. The predicted molar refractivity (Wildman–Crippen MR) is 113 cm³/mol. The minimum atomic E-state index is 1.29. The zero-order valence-corrected chi connectivity index (χ0v) is 16.2. The molecule has 0 fully saturated rings. The Morgan fingerprint density at radius 1 is 0.409 bits per heavy atom. The second-order valence-corrected chi connectivity index (χ2v) is 7.47. The first-order valence-electron chi connectivity index (χ1n) is 7.01. The molecule has 0 atom stereocenters. The highest BCUT2D eigenvalue weighted by atomic mass is 127. The summed E-state index contributed by atoms with van der Waals surface area (Å²) < 4.78 is 2.59. The molecule has 0 aliphatic rings. The summed E-state index contributed by atoms with van der Waals surface area (Å²) in [5.41, 5.74) is 0. The lowest BCUT2D eigenvalue weighted by Gasteiger charge is -1.95. The molecule has 0 aromatic heterocycles. The first-order valence-corrected chi connectivity index (χ1v) is 9.17. The number of fused-ring (bicyclic) bond motifs is 2. The zero-order chi connectivity index (χ0) is 15.4. The van der Waals surface area contributed by atoms with Crippen molar-refractivity contribution in [3.05, 3.63) is 92.1 Å². The van der Waals surface area contributed by atoms with E-state index in [1.807, 2.05) is 0 Å². The number of hydrogen-bond donors (Lipinski definition) is 0. The van der Waals surface area contributed by atoms with Crippen molar-refractivity contribution in [2.24, 2.45) is 0 Å². The van der Waals surface area contributed by atoms with E-state index in [-0.39, 0.29) is 0 Å². The van der Waals surface area contributed by atoms with Crippen LogP contribution in [0.2, 0.25) is 0 Å². The quantitative estimate of drug-likeness (QED) is 0.227. The summed E-state index contributed by atoms with van der Waals surface area (Å²) in [4.78, 5) is 0. The normalized spacial score (nSPS) is 10.3. The minimum absolute atomic E-state index is 1.29. The van der Waals surface area contributed by atoms with Crippen molar-refractivity contribution in [3.8, 4) is 0 Å². The molecule has 0 saturated carbocycles. The molecule has 0 radical (unpaired) electrons. The Kier molecular flexibility index (Phi) is 5.31. The number of benzene rings is 4. The maximum atomic E-state index is 2.33. The fourth-order valence-electron chi connectivity index (χ4n) is 2.32. The molecule has 0 saturated heterocycles. The highest BCUT2D eigenvalue weighted by Crippen LogP contribution is 2.17. The molecule has 4 aromatic rings. The highest BCUT2D eigenvalue weighted by Gasteiger charge is 1.91. The van der Waals surface area contributed by atoms with Crippen molar-refractivity contribution in [1.29, 1.82) is 0 Å². The van der Waals surface area contributed by atoms with Gasteiger partial charge >= 0.3 is 0 Å². The Hall–Kier alpha value is -1.14. The maximum Gasteiger partial charge on any atom is 0.0136 e. The van der Waals surface area contributed by atoms with E-state index in [0.717, 1.165) is 0 Å². The van der Waals surface area contributed by atoms with Crippen LogP contribution in [0.15, 0.2) is 84.9 Å². The Balaban J connectivity index is 0.000000131. The van der Waals surface area contributed by atoms with Gasteiger partial charge in [0.1, 0.15) is 0 Å². The molecule has 2 heteroatoms. The van der Waals surface area contributed by atoms with Crippen LogP contribution >= 0.6 is 45.2 Å².